The zero-order chi connectivity index (χ0) is 12.3. The van der Waals surface area contributed by atoms with Crippen molar-refractivity contribution in [3.8, 4) is 0 Å². The zero-order valence-corrected chi connectivity index (χ0v) is 10.9. The zero-order valence-electron chi connectivity index (χ0n) is 8.77. The molecule has 0 aromatic rings. The lowest BCUT2D eigenvalue weighted by atomic mass is 10.1. The van der Waals surface area contributed by atoms with Crippen molar-refractivity contribution >= 4 is 28.6 Å². The Morgan fingerprint density at radius 1 is 1.62 bits per heavy atom. The number of allylic oxidation sites excluding steroid dienone is 3. The summed E-state index contributed by atoms with van der Waals surface area (Å²) in [5.74, 6) is -0.601. The van der Waals surface area contributed by atoms with Gasteiger partial charge in [0.25, 0.3) is 5.70 Å². The van der Waals surface area contributed by atoms with Crippen LogP contribution in [0, 0.1) is 16.0 Å². The first-order chi connectivity index (χ1) is 7.47. The molecule has 1 unspecified atom stereocenters. The highest BCUT2D eigenvalue weighted by Gasteiger charge is 2.25. The van der Waals surface area contributed by atoms with Crippen molar-refractivity contribution < 1.29 is 14.5 Å². The summed E-state index contributed by atoms with van der Waals surface area (Å²) in [6.07, 6.45) is 4.74. The van der Waals surface area contributed by atoms with Gasteiger partial charge in [-0.15, -0.1) is 0 Å². The van der Waals surface area contributed by atoms with E-state index in [1.165, 1.54) is 13.2 Å². The number of esters is 1. The van der Waals surface area contributed by atoms with E-state index < -0.39 is 10.9 Å². The van der Waals surface area contributed by atoms with Gasteiger partial charge in [-0.2, -0.15) is 0 Å². The third kappa shape index (κ3) is 2.69. The molecule has 5 nitrogen and oxygen atoms in total. The molecule has 0 N–H and O–H groups in total. The first-order valence-electron chi connectivity index (χ1n) is 4.50. The summed E-state index contributed by atoms with van der Waals surface area (Å²) in [7, 11) is 1.25. The summed E-state index contributed by atoms with van der Waals surface area (Å²) in [6.45, 7) is 1.84. The predicted octanol–water partition coefficient (Wildman–Crippen LogP) is 2.21. The smallest absolute Gasteiger partial charge is 0.338 e. The number of carbonyl (C=O) groups is 1. The number of rotatable bonds is 2. The fraction of sp³-hybridized carbons (Fsp3) is 0.300. The fourth-order valence-electron chi connectivity index (χ4n) is 1.25. The Kier molecular flexibility index (Phi) is 4.22. The second-order valence-corrected chi connectivity index (χ2v) is 4.33. The minimum atomic E-state index is -0.556. The first kappa shape index (κ1) is 12.9. The Hall–Kier alpha value is -1.18. The van der Waals surface area contributed by atoms with Gasteiger partial charge in [-0.3, -0.25) is 10.1 Å². The molecule has 1 aliphatic carbocycles. The molecule has 0 aliphatic heterocycles. The quantitative estimate of drug-likeness (QED) is 0.336. The summed E-state index contributed by atoms with van der Waals surface area (Å²) in [4.78, 5) is 21.8. The third-order valence-corrected chi connectivity index (χ3v) is 3.18. The van der Waals surface area contributed by atoms with Crippen molar-refractivity contribution in [2.24, 2.45) is 5.92 Å². The van der Waals surface area contributed by atoms with Gasteiger partial charge in [-0.25, -0.2) is 4.79 Å². The molecule has 1 rings (SSSR count). The van der Waals surface area contributed by atoms with E-state index in [-0.39, 0.29) is 17.2 Å². The van der Waals surface area contributed by atoms with E-state index in [2.05, 4.69) is 4.74 Å². The standard InChI is InChI=1S/C10H10INO4/c1-6-3-4-8(12(14)15)9(11)7(5-6)10(13)16-2/h3-6H,1-2H3. The highest BCUT2D eigenvalue weighted by atomic mass is 127. The van der Waals surface area contributed by atoms with Gasteiger partial charge in [0.05, 0.1) is 17.6 Å². The second kappa shape index (κ2) is 5.24. The SMILES string of the molecule is COC(=O)C1=CC(C)C=CC([N+](=O)[O-])=C1I. The fourth-order valence-corrected chi connectivity index (χ4v) is 2.03. The van der Waals surface area contributed by atoms with Crippen LogP contribution < -0.4 is 0 Å². The van der Waals surface area contributed by atoms with Gasteiger partial charge < -0.3 is 4.74 Å². The van der Waals surface area contributed by atoms with E-state index in [0.29, 0.717) is 3.58 Å². The van der Waals surface area contributed by atoms with Gasteiger partial charge in [0.2, 0.25) is 0 Å². The van der Waals surface area contributed by atoms with Crippen LogP contribution >= 0.6 is 22.6 Å². The van der Waals surface area contributed by atoms with Crippen molar-refractivity contribution in [2.75, 3.05) is 7.11 Å². The van der Waals surface area contributed by atoms with E-state index in [1.807, 2.05) is 6.92 Å². The molecule has 0 aromatic carbocycles. The summed E-state index contributed by atoms with van der Waals surface area (Å²) in [5.41, 5.74) is 0.161. The molecular formula is C10H10INO4. The molecule has 6 heteroatoms. The molecule has 1 aliphatic rings. The van der Waals surface area contributed by atoms with Crippen LogP contribution in [-0.2, 0) is 9.53 Å². The average molecular weight is 335 g/mol. The van der Waals surface area contributed by atoms with Crippen LogP contribution in [0.15, 0.2) is 33.1 Å². The monoisotopic (exact) mass is 335 g/mol. The maximum atomic E-state index is 11.5. The molecule has 0 fully saturated rings. The number of hydrogen-bond donors (Lipinski definition) is 0. The molecule has 0 heterocycles. The van der Waals surface area contributed by atoms with Crippen LogP contribution in [0.5, 0.6) is 0 Å². The normalized spacial score (nSPS) is 20.2. The number of hydrogen-bond acceptors (Lipinski definition) is 4. The van der Waals surface area contributed by atoms with Gasteiger partial charge in [0.15, 0.2) is 0 Å². The molecule has 0 saturated heterocycles. The van der Waals surface area contributed by atoms with E-state index >= 15 is 0 Å². The molecule has 1 atom stereocenters. The minimum Gasteiger partial charge on any atom is -0.465 e. The van der Waals surface area contributed by atoms with Gasteiger partial charge in [0.1, 0.15) is 3.58 Å². The highest BCUT2D eigenvalue weighted by molar-refractivity contribution is 14.1. The molecule has 0 bridgehead atoms. The van der Waals surface area contributed by atoms with Crippen molar-refractivity contribution in [1.82, 2.24) is 0 Å². The number of halogens is 1. The number of methoxy groups -OCH3 is 1. The lowest BCUT2D eigenvalue weighted by Crippen LogP contribution is -2.08. The molecule has 0 radical (unpaired) electrons. The predicted molar refractivity (Wildman–Crippen MR) is 66.4 cm³/mol. The summed E-state index contributed by atoms with van der Waals surface area (Å²) in [6, 6.07) is 0. The Morgan fingerprint density at radius 3 is 2.75 bits per heavy atom. The molecule has 0 spiro atoms. The Labute approximate surface area is 106 Å². The van der Waals surface area contributed by atoms with Crippen molar-refractivity contribution in [3.05, 3.63) is 43.2 Å². The van der Waals surface area contributed by atoms with Crippen LogP contribution in [-0.4, -0.2) is 18.0 Å². The van der Waals surface area contributed by atoms with Crippen molar-refractivity contribution in [2.45, 2.75) is 6.92 Å². The van der Waals surface area contributed by atoms with Crippen LogP contribution in [0.4, 0.5) is 0 Å². The van der Waals surface area contributed by atoms with Crippen LogP contribution in [0.2, 0.25) is 0 Å². The van der Waals surface area contributed by atoms with Crippen LogP contribution in [0.1, 0.15) is 6.92 Å². The largest absolute Gasteiger partial charge is 0.465 e. The third-order valence-electron chi connectivity index (χ3n) is 2.05. The van der Waals surface area contributed by atoms with E-state index in [4.69, 9.17) is 0 Å². The molecule has 0 aromatic heterocycles. The van der Waals surface area contributed by atoms with Crippen molar-refractivity contribution in [3.63, 3.8) is 0 Å². The van der Waals surface area contributed by atoms with Gasteiger partial charge >= 0.3 is 5.97 Å². The second-order valence-electron chi connectivity index (χ2n) is 3.25. The van der Waals surface area contributed by atoms with Crippen LogP contribution in [0.3, 0.4) is 0 Å². The number of carbonyl (C=O) groups excluding carboxylic acids is 1. The van der Waals surface area contributed by atoms with Crippen LogP contribution in [0.25, 0.3) is 0 Å². The van der Waals surface area contributed by atoms with Gasteiger partial charge in [0, 0.05) is 6.08 Å². The molecule has 0 amide bonds. The molecule has 0 saturated carbocycles. The summed E-state index contributed by atoms with van der Waals surface area (Å²) < 4.78 is 4.90. The number of ether oxygens (including phenoxy) is 1. The minimum absolute atomic E-state index is 0.0451. The topological polar surface area (TPSA) is 69.4 Å². The lowest BCUT2D eigenvalue weighted by molar-refractivity contribution is -0.419. The number of nitrogens with zero attached hydrogens (tertiary/aromatic N) is 1. The maximum Gasteiger partial charge on any atom is 0.338 e. The molecular weight excluding hydrogens is 325 g/mol. The van der Waals surface area contributed by atoms with Crippen molar-refractivity contribution in [1.29, 1.82) is 0 Å². The Bertz CT molecular complexity index is 423. The Morgan fingerprint density at radius 2 is 2.25 bits per heavy atom. The van der Waals surface area contributed by atoms with E-state index in [1.54, 1.807) is 34.7 Å². The maximum absolute atomic E-state index is 11.5. The summed E-state index contributed by atoms with van der Waals surface area (Å²) >= 11 is 1.79. The van der Waals surface area contributed by atoms with Gasteiger partial charge in [-0.05, 0) is 28.5 Å². The molecule has 16 heavy (non-hydrogen) atoms. The average Bonchev–Trinajstić information content (AvgIpc) is 2.37. The highest BCUT2D eigenvalue weighted by Crippen LogP contribution is 2.28. The van der Waals surface area contributed by atoms with E-state index in [9.17, 15) is 14.9 Å². The summed E-state index contributed by atoms with van der Waals surface area (Å²) in [5, 5.41) is 10.8. The van der Waals surface area contributed by atoms with Gasteiger partial charge in [-0.1, -0.05) is 19.1 Å². The number of nitro groups is 1. The lowest BCUT2D eigenvalue weighted by Gasteiger charge is -2.04. The van der Waals surface area contributed by atoms with E-state index in [0.717, 1.165) is 0 Å². The molecule has 86 valence electrons. The Balaban J connectivity index is 3.29. The first-order valence-corrected chi connectivity index (χ1v) is 5.58.